The first-order valence-corrected chi connectivity index (χ1v) is 8.40. The Morgan fingerprint density at radius 1 is 1.17 bits per heavy atom. The Kier molecular flexibility index (Phi) is 5.19. The van der Waals surface area contributed by atoms with E-state index in [-0.39, 0.29) is 11.9 Å². The minimum absolute atomic E-state index is 0.0719. The largest absolute Gasteiger partial charge is 0.508 e. The molecule has 1 heterocycles. The van der Waals surface area contributed by atoms with E-state index >= 15 is 0 Å². The highest BCUT2D eigenvalue weighted by Gasteiger charge is 2.24. The van der Waals surface area contributed by atoms with Gasteiger partial charge in [0.25, 0.3) is 0 Å². The van der Waals surface area contributed by atoms with Crippen LogP contribution in [0.1, 0.15) is 34.5 Å². The van der Waals surface area contributed by atoms with Gasteiger partial charge >= 0.3 is 0 Å². The monoisotopic (exact) mass is 327 g/mol. The molecule has 2 N–H and O–H groups in total. The topological polar surface area (TPSA) is 52.9 Å². The van der Waals surface area contributed by atoms with Crippen LogP contribution in [0.2, 0.25) is 0 Å². The average Bonchev–Trinajstić information content (AvgIpc) is 2.54. The third kappa shape index (κ3) is 4.15. The molecule has 0 bridgehead atoms. The number of benzene rings is 2. The molecule has 2 aromatic rings. The van der Waals surface area contributed by atoms with Gasteiger partial charge in [-0.15, -0.1) is 0 Å². The number of hydrogen-bond donors (Lipinski definition) is 2. The lowest BCUT2D eigenvalue weighted by atomic mass is 10.0. The number of nitrogens with zero attached hydrogens (tertiary/aromatic N) is 1. The molecule has 2 unspecified atom stereocenters. The summed E-state index contributed by atoms with van der Waals surface area (Å²) in [5, 5.41) is 20.2. The van der Waals surface area contributed by atoms with Gasteiger partial charge in [-0.05, 0) is 37.1 Å². The Labute approximate surface area is 143 Å². The summed E-state index contributed by atoms with van der Waals surface area (Å²) in [6, 6.07) is 13.4. The van der Waals surface area contributed by atoms with E-state index in [0.29, 0.717) is 19.7 Å². The van der Waals surface area contributed by atoms with E-state index < -0.39 is 6.10 Å². The van der Waals surface area contributed by atoms with Gasteiger partial charge in [-0.25, -0.2) is 0 Å². The van der Waals surface area contributed by atoms with Crippen molar-refractivity contribution in [1.82, 2.24) is 4.90 Å². The summed E-state index contributed by atoms with van der Waals surface area (Å²) < 4.78 is 5.84. The second kappa shape index (κ2) is 7.34. The zero-order valence-corrected chi connectivity index (χ0v) is 14.3. The minimum atomic E-state index is -0.508. The predicted octanol–water partition coefficient (Wildman–Crippen LogP) is 3.12. The molecule has 1 fully saturated rings. The molecular weight excluding hydrogens is 302 g/mol. The van der Waals surface area contributed by atoms with Crippen LogP contribution in [0.4, 0.5) is 0 Å². The summed E-state index contributed by atoms with van der Waals surface area (Å²) in [7, 11) is 0. The van der Waals surface area contributed by atoms with Gasteiger partial charge in [0.2, 0.25) is 0 Å². The molecule has 0 aliphatic carbocycles. The number of aromatic hydroxyl groups is 1. The first kappa shape index (κ1) is 17.0. The van der Waals surface area contributed by atoms with Crippen LogP contribution >= 0.6 is 0 Å². The van der Waals surface area contributed by atoms with Crippen LogP contribution in [0.25, 0.3) is 0 Å². The van der Waals surface area contributed by atoms with E-state index in [9.17, 15) is 10.2 Å². The minimum Gasteiger partial charge on any atom is -0.508 e. The highest BCUT2D eigenvalue weighted by atomic mass is 16.5. The average molecular weight is 327 g/mol. The Hall–Kier alpha value is -1.88. The summed E-state index contributed by atoms with van der Waals surface area (Å²) in [4.78, 5) is 2.22. The molecule has 0 spiro atoms. The summed E-state index contributed by atoms with van der Waals surface area (Å²) in [5.41, 5.74) is 4.28. The summed E-state index contributed by atoms with van der Waals surface area (Å²) in [6.07, 6.45) is -0.580. The van der Waals surface area contributed by atoms with Crippen molar-refractivity contribution in [3.05, 3.63) is 64.7 Å². The summed E-state index contributed by atoms with van der Waals surface area (Å²) in [5.74, 6) is 0.253. The van der Waals surface area contributed by atoms with Gasteiger partial charge < -0.3 is 14.9 Å². The highest BCUT2D eigenvalue weighted by molar-refractivity contribution is 5.31. The number of β-amino-alcohol motifs (C(OH)–C–C–N with tert-alkyl or cyclic N) is 1. The molecule has 0 saturated carbocycles. The van der Waals surface area contributed by atoms with Crippen LogP contribution in [-0.2, 0) is 4.74 Å². The molecule has 0 amide bonds. The maximum Gasteiger partial charge on any atom is 0.115 e. The van der Waals surface area contributed by atoms with Gasteiger partial charge in [0, 0.05) is 19.6 Å². The van der Waals surface area contributed by atoms with Crippen LogP contribution in [0.5, 0.6) is 5.75 Å². The molecule has 1 saturated heterocycles. The zero-order valence-electron chi connectivity index (χ0n) is 14.3. The van der Waals surface area contributed by atoms with E-state index in [2.05, 4.69) is 24.8 Å². The van der Waals surface area contributed by atoms with Crippen molar-refractivity contribution in [3.63, 3.8) is 0 Å². The molecule has 1 aliphatic rings. The van der Waals surface area contributed by atoms with Crippen molar-refractivity contribution in [2.24, 2.45) is 0 Å². The zero-order chi connectivity index (χ0) is 17.1. The van der Waals surface area contributed by atoms with E-state index in [0.717, 1.165) is 17.7 Å². The number of morpholine rings is 1. The van der Waals surface area contributed by atoms with Crippen molar-refractivity contribution in [3.8, 4) is 5.75 Å². The third-order valence-corrected chi connectivity index (χ3v) is 4.45. The predicted molar refractivity (Wildman–Crippen MR) is 94.1 cm³/mol. The number of phenols is 1. The van der Waals surface area contributed by atoms with Gasteiger partial charge in [-0.3, -0.25) is 4.90 Å². The molecule has 0 aromatic heterocycles. The lowest BCUT2D eigenvalue weighted by Gasteiger charge is -2.34. The smallest absolute Gasteiger partial charge is 0.115 e. The summed E-state index contributed by atoms with van der Waals surface area (Å²) in [6.45, 7) is 6.83. The molecule has 3 rings (SSSR count). The number of ether oxygens (including phenoxy) is 1. The molecule has 24 heavy (non-hydrogen) atoms. The molecule has 4 heteroatoms. The maximum absolute atomic E-state index is 10.6. The lowest BCUT2D eigenvalue weighted by molar-refractivity contribution is -0.0424. The fraction of sp³-hybridized carbons (Fsp3) is 0.400. The number of rotatable bonds is 4. The van der Waals surface area contributed by atoms with Gasteiger partial charge in [0.1, 0.15) is 5.75 Å². The van der Waals surface area contributed by atoms with Crippen molar-refractivity contribution < 1.29 is 14.9 Å². The number of aliphatic hydroxyl groups excluding tert-OH is 1. The standard InChI is InChI=1S/C20H25NO3/c1-14-8-15(2)10-17(9-14)19(23)12-21-6-7-24-20(13-21)16-4-3-5-18(22)11-16/h3-5,8-11,19-20,22-23H,6-7,12-13H2,1-2H3. The molecule has 2 aromatic carbocycles. The van der Waals surface area contributed by atoms with Gasteiger partial charge in [0.15, 0.2) is 0 Å². The SMILES string of the molecule is Cc1cc(C)cc(C(O)CN2CCOC(c3cccc(O)c3)C2)c1. The second-order valence-corrected chi connectivity index (χ2v) is 6.65. The fourth-order valence-corrected chi connectivity index (χ4v) is 3.35. The van der Waals surface area contributed by atoms with Crippen LogP contribution in [-0.4, -0.2) is 41.4 Å². The first-order valence-electron chi connectivity index (χ1n) is 8.40. The normalized spacial score (nSPS) is 20.0. The third-order valence-electron chi connectivity index (χ3n) is 4.45. The molecule has 2 atom stereocenters. The van der Waals surface area contributed by atoms with Gasteiger partial charge in [-0.2, -0.15) is 0 Å². The Bertz CT molecular complexity index is 681. The first-order chi connectivity index (χ1) is 11.5. The Morgan fingerprint density at radius 3 is 2.62 bits per heavy atom. The fourth-order valence-electron chi connectivity index (χ4n) is 3.35. The molecule has 128 valence electrons. The van der Waals surface area contributed by atoms with E-state index in [1.54, 1.807) is 12.1 Å². The highest BCUT2D eigenvalue weighted by Crippen LogP contribution is 2.26. The van der Waals surface area contributed by atoms with Crippen LogP contribution < -0.4 is 0 Å². The van der Waals surface area contributed by atoms with E-state index in [4.69, 9.17) is 4.74 Å². The number of aryl methyl sites for hydroxylation is 2. The van der Waals surface area contributed by atoms with E-state index in [1.165, 1.54) is 11.1 Å². The lowest BCUT2D eigenvalue weighted by Crippen LogP contribution is -2.40. The van der Waals surface area contributed by atoms with Crippen molar-refractivity contribution >= 4 is 0 Å². The Balaban J connectivity index is 1.66. The van der Waals surface area contributed by atoms with Crippen molar-refractivity contribution in [2.75, 3.05) is 26.2 Å². The quantitative estimate of drug-likeness (QED) is 0.906. The number of aliphatic hydroxyl groups is 1. The number of phenolic OH excluding ortho intramolecular Hbond substituents is 1. The van der Waals surface area contributed by atoms with Crippen LogP contribution in [0, 0.1) is 13.8 Å². The van der Waals surface area contributed by atoms with Crippen LogP contribution in [0.15, 0.2) is 42.5 Å². The molecule has 0 radical (unpaired) electrons. The molecular formula is C20H25NO3. The Morgan fingerprint density at radius 2 is 1.92 bits per heavy atom. The maximum atomic E-state index is 10.6. The van der Waals surface area contributed by atoms with Crippen molar-refractivity contribution in [2.45, 2.75) is 26.1 Å². The van der Waals surface area contributed by atoms with Gasteiger partial charge in [0.05, 0.1) is 18.8 Å². The number of hydrogen-bond acceptors (Lipinski definition) is 4. The van der Waals surface area contributed by atoms with E-state index in [1.807, 2.05) is 24.3 Å². The van der Waals surface area contributed by atoms with Crippen molar-refractivity contribution in [1.29, 1.82) is 0 Å². The van der Waals surface area contributed by atoms with Crippen LogP contribution in [0.3, 0.4) is 0 Å². The molecule has 1 aliphatic heterocycles. The summed E-state index contributed by atoms with van der Waals surface area (Å²) >= 11 is 0. The van der Waals surface area contributed by atoms with Gasteiger partial charge in [-0.1, -0.05) is 41.5 Å². The second-order valence-electron chi connectivity index (χ2n) is 6.65. The molecule has 4 nitrogen and oxygen atoms in total.